The minimum Gasteiger partial charge on any atom is -0.702 e. The standard InChI is InChI=1S/C33H30NO.C15H29NO.Ir/c1-20(2)17-22-12-10-15-26-29-25-14-8-9-16-28(25)34-30(32(29)35-31(22)26)23-18-21-11-6-7-13-24(21)27(19-23)33(3,4)5;1-7-14(5,8-2)12(16)11-13(17)15(6,9-3)10-4;/h6-16,19-20H,17H2,1-5H3;11H,7-10H2,1-6H3,(H2,16,17);/q-1;;/p-1. The van der Waals surface area contributed by atoms with Gasteiger partial charge in [0.2, 0.25) is 0 Å². The van der Waals surface area contributed by atoms with Gasteiger partial charge in [-0.3, -0.25) is 9.78 Å². The van der Waals surface area contributed by atoms with Crippen molar-refractivity contribution in [3.8, 4) is 11.3 Å². The van der Waals surface area contributed by atoms with Gasteiger partial charge in [0.25, 0.3) is 0 Å². The van der Waals surface area contributed by atoms with Crippen molar-refractivity contribution in [2.24, 2.45) is 16.7 Å². The second kappa shape index (κ2) is 16.7. The molecule has 2 heterocycles. The maximum Gasteiger partial charge on any atom is 0.160 e. The first-order chi connectivity index (χ1) is 24.6. The van der Waals surface area contributed by atoms with Gasteiger partial charge in [-0.05, 0) is 66.6 Å². The summed E-state index contributed by atoms with van der Waals surface area (Å²) in [5.74, 6) is 0.659. The third-order valence-electron chi connectivity index (χ3n) is 11.5. The quantitative estimate of drug-likeness (QED) is 0.102. The summed E-state index contributed by atoms with van der Waals surface area (Å²) in [4.78, 5) is 17.4. The molecule has 0 aliphatic rings. The van der Waals surface area contributed by atoms with Crippen LogP contribution in [0.2, 0.25) is 0 Å². The Bertz CT molecular complexity index is 2240. The normalized spacial score (nSPS) is 12.7. The van der Waals surface area contributed by atoms with Gasteiger partial charge in [-0.25, -0.2) is 0 Å². The Morgan fingerprint density at radius 2 is 1.38 bits per heavy atom. The molecular weight excluding hydrogens is 829 g/mol. The molecule has 0 unspecified atom stereocenters. The first-order valence-corrected chi connectivity index (χ1v) is 19.3. The van der Waals surface area contributed by atoms with E-state index in [4.69, 9.17) is 15.1 Å². The zero-order chi connectivity index (χ0) is 38.0. The molecule has 53 heavy (non-hydrogen) atoms. The van der Waals surface area contributed by atoms with Crippen molar-refractivity contribution in [2.45, 2.75) is 114 Å². The summed E-state index contributed by atoms with van der Waals surface area (Å²) in [6.07, 6.45) is 6.03. The van der Waals surface area contributed by atoms with Crippen LogP contribution < -0.4 is 0 Å². The number of furan rings is 1. The minimum absolute atomic E-state index is 0. The fourth-order valence-electron chi connectivity index (χ4n) is 7.04. The summed E-state index contributed by atoms with van der Waals surface area (Å²) in [6.45, 7) is 23.6. The Kier molecular flexibility index (Phi) is 13.2. The predicted octanol–water partition coefficient (Wildman–Crippen LogP) is 14.4. The Hall–Kier alpha value is -3.79. The van der Waals surface area contributed by atoms with Crippen LogP contribution in [-0.2, 0) is 36.7 Å². The third-order valence-corrected chi connectivity index (χ3v) is 11.5. The summed E-state index contributed by atoms with van der Waals surface area (Å²) >= 11 is 0. The van der Waals surface area contributed by atoms with E-state index in [1.54, 1.807) is 6.08 Å². The number of carbonyl (C=O) groups is 1. The number of benzene rings is 4. The van der Waals surface area contributed by atoms with E-state index in [0.717, 1.165) is 81.6 Å². The number of pyridine rings is 1. The SMILES string of the molecule is CC(C)Cc1cccc2c1oc1c(-c3[c-]c4ccccc4c(C(C)(C)C)c3)nc3ccccc3c12.CCC(C)(CC)C(=O)/C=C(\[NH-])C(C)(CC)CC.[Ir]. The Morgan fingerprint density at radius 1 is 0.792 bits per heavy atom. The number of fused-ring (bicyclic) bond motifs is 6. The summed E-state index contributed by atoms with van der Waals surface area (Å²) in [7, 11) is 0. The molecule has 0 atom stereocenters. The monoisotopic (exact) mass is 887 g/mol. The van der Waals surface area contributed by atoms with Crippen LogP contribution in [0.5, 0.6) is 0 Å². The fraction of sp³-hybridized carbons (Fsp3) is 0.417. The Balaban J connectivity index is 0.000000299. The van der Waals surface area contributed by atoms with Gasteiger partial charge in [0.05, 0.1) is 5.52 Å². The summed E-state index contributed by atoms with van der Waals surface area (Å²) < 4.78 is 6.73. The molecular formula is C48H58IrN2O2-2. The zero-order valence-corrected chi connectivity index (χ0v) is 36.1. The molecule has 0 aliphatic heterocycles. The molecule has 0 amide bonds. The van der Waals surface area contributed by atoms with Crippen LogP contribution in [0.1, 0.15) is 113 Å². The third kappa shape index (κ3) is 8.48. The van der Waals surface area contributed by atoms with Crippen LogP contribution in [0.4, 0.5) is 0 Å². The van der Waals surface area contributed by atoms with Crippen molar-refractivity contribution in [2.75, 3.05) is 0 Å². The largest absolute Gasteiger partial charge is 0.702 e. The van der Waals surface area contributed by atoms with Gasteiger partial charge in [0, 0.05) is 47.4 Å². The molecule has 6 rings (SSSR count). The van der Waals surface area contributed by atoms with E-state index in [-0.39, 0.29) is 42.1 Å². The van der Waals surface area contributed by atoms with Crippen molar-refractivity contribution in [3.63, 3.8) is 0 Å². The van der Waals surface area contributed by atoms with Crippen LogP contribution in [0.3, 0.4) is 0 Å². The van der Waals surface area contributed by atoms with E-state index >= 15 is 0 Å². The second-order valence-corrected chi connectivity index (χ2v) is 16.5. The van der Waals surface area contributed by atoms with Gasteiger partial charge in [0.1, 0.15) is 11.2 Å². The topological polar surface area (TPSA) is 66.9 Å². The molecule has 1 radical (unpaired) electrons. The molecule has 4 nitrogen and oxygen atoms in total. The van der Waals surface area contributed by atoms with E-state index in [1.165, 1.54) is 16.5 Å². The first-order valence-electron chi connectivity index (χ1n) is 19.3. The molecule has 0 spiro atoms. The number of nitrogens with zero attached hydrogens (tertiary/aromatic N) is 1. The first kappa shape index (κ1) is 42.0. The van der Waals surface area contributed by atoms with Crippen LogP contribution in [0.25, 0.3) is 60.6 Å². The van der Waals surface area contributed by atoms with E-state index in [9.17, 15) is 4.79 Å². The van der Waals surface area contributed by atoms with Crippen molar-refractivity contribution in [1.82, 2.24) is 4.98 Å². The van der Waals surface area contributed by atoms with Crippen molar-refractivity contribution in [3.05, 3.63) is 107 Å². The predicted molar refractivity (Wildman–Crippen MR) is 223 cm³/mol. The Morgan fingerprint density at radius 3 is 1.98 bits per heavy atom. The minimum atomic E-state index is -0.297. The van der Waals surface area contributed by atoms with E-state index in [0.29, 0.717) is 11.6 Å². The van der Waals surface area contributed by atoms with Gasteiger partial charge < -0.3 is 10.2 Å². The molecule has 0 bridgehead atoms. The number of allylic oxidation sites excluding steroid dienone is 2. The number of rotatable bonds is 10. The number of nitrogens with one attached hydrogen (secondary N) is 1. The van der Waals surface area contributed by atoms with Gasteiger partial charge in [-0.2, -0.15) is 5.70 Å². The molecule has 0 aliphatic carbocycles. The second-order valence-electron chi connectivity index (χ2n) is 16.5. The fourth-order valence-corrected chi connectivity index (χ4v) is 7.04. The van der Waals surface area contributed by atoms with Crippen LogP contribution in [0, 0.1) is 22.8 Å². The molecule has 0 fully saturated rings. The molecule has 1 N–H and O–H groups in total. The molecule has 6 aromatic rings. The number of ketones is 1. The zero-order valence-electron chi connectivity index (χ0n) is 33.7. The number of para-hydroxylation sites is 2. The molecule has 4 aromatic carbocycles. The number of hydrogen-bond donors (Lipinski definition) is 0. The maximum atomic E-state index is 12.2. The Labute approximate surface area is 331 Å². The summed E-state index contributed by atoms with van der Waals surface area (Å²) in [5.41, 5.74) is 15.3. The van der Waals surface area contributed by atoms with Crippen molar-refractivity contribution in [1.29, 1.82) is 0 Å². The molecule has 0 saturated carbocycles. The molecule has 2 aromatic heterocycles. The van der Waals surface area contributed by atoms with Crippen LogP contribution in [0.15, 0.2) is 89.0 Å². The van der Waals surface area contributed by atoms with Gasteiger partial charge in [-0.1, -0.05) is 142 Å². The summed E-state index contributed by atoms with van der Waals surface area (Å²) in [5, 5.41) is 5.78. The average Bonchev–Trinajstić information content (AvgIpc) is 3.54. The smallest absolute Gasteiger partial charge is 0.160 e. The van der Waals surface area contributed by atoms with Crippen LogP contribution >= 0.6 is 0 Å². The number of carbonyl (C=O) groups excluding carboxylic acids is 1. The van der Waals surface area contributed by atoms with E-state index in [2.05, 4.69) is 134 Å². The van der Waals surface area contributed by atoms with Gasteiger partial charge >= 0.3 is 0 Å². The van der Waals surface area contributed by atoms with Gasteiger partial charge in [-0.15, -0.1) is 29.1 Å². The van der Waals surface area contributed by atoms with Crippen molar-refractivity contribution >= 4 is 49.4 Å². The summed E-state index contributed by atoms with van der Waals surface area (Å²) in [6, 6.07) is 29.4. The molecule has 0 saturated heterocycles. The molecule has 283 valence electrons. The number of hydrogen-bond acceptors (Lipinski definition) is 3. The maximum absolute atomic E-state index is 12.2. The van der Waals surface area contributed by atoms with Crippen molar-refractivity contribution < 1.29 is 29.3 Å². The molecule has 5 heteroatoms. The van der Waals surface area contributed by atoms with Gasteiger partial charge in [0.15, 0.2) is 5.78 Å². The number of aromatic nitrogens is 1. The van der Waals surface area contributed by atoms with E-state index in [1.807, 2.05) is 20.8 Å². The van der Waals surface area contributed by atoms with Crippen LogP contribution in [-0.4, -0.2) is 10.8 Å². The van der Waals surface area contributed by atoms with E-state index < -0.39 is 0 Å². The average molecular weight is 887 g/mol.